The molecule has 0 bridgehead atoms. The first-order valence-electron chi connectivity index (χ1n) is 9.50. The van der Waals surface area contributed by atoms with E-state index >= 15 is 0 Å². The van der Waals surface area contributed by atoms with Crippen LogP contribution in [0, 0.1) is 0 Å². The first-order valence-corrected chi connectivity index (χ1v) is 9.50. The van der Waals surface area contributed by atoms with Gasteiger partial charge < -0.3 is 25.2 Å². The van der Waals surface area contributed by atoms with E-state index in [1.54, 1.807) is 13.1 Å². The molecule has 28 heavy (non-hydrogen) atoms. The summed E-state index contributed by atoms with van der Waals surface area (Å²) in [5.41, 5.74) is 1.87. The number of aliphatic hydroxyl groups is 1. The van der Waals surface area contributed by atoms with Crippen LogP contribution in [0.5, 0.6) is 0 Å². The number of nitrogens with one attached hydrogen (secondary N) is 2. The average molecular weight is 386 g/mol. The summed E-state index contributed by atoms with van der Waals surface area (Å²) < 4.78 is 7.33. The van der Waals surface area contributed by atoms with Crippen molar-refractivity contribution in [2.45, 2.75) is 51.9 Å². The molecule has 4 heterocycles. The Balaban J connectivity index is 1.65. The van der Waals surface area contributed by atoms with Gasteiger partial charge in [0.25, 0.3) is 0 Å². The Labute approximate surface area is 162 Å². The van der Waals surface area contributed by atoms with Gasteiger partial charge >= 0.3 is 6.09 Å². The maximum atomic E-state index is 12.1. The van der Waals surface area contributed by atoms with Gasteiger partial charge in [0.2, 0.25) is 0 Å². The lowest BCUT2D eigenvalue weighted by Gasteiger charge is -2.25. The van der Waals surface area contributed by atoms with Crippen molar-refractivity contribution in [3.05, 3.63) is 24.3 Å². The molecule has 0 unspecified atom stereocenters. The Bertz CT molecular complexity index is 1020. The van der Waals surface area contributed by atoms with Gasteiger partial charge in [-0.05, 0) is 40.2 Å². The van der Waals surface area contributed by atoms with E-state index < -0.39 is 17.8 Å². The minimum Gasteiger partial charge on any atom is -0.444 e. The number of aromatic amines is 1. The number of pyridine rings is 1. The molecular weight excluding hydrogens is 360 g/mol. The highest BCUT2D eigenvalue weighted by atomic mass is 16.6. The van der Waals surface area contributed by atoms with Gasteiger partial charge in [0.1, 0.15) is 28.4 Å². The van der Waals surface area contributed by atoms with E-state index in [4.69, 9.17) is 4.74 Å². The van der Waals surface area contributed by atoms with Crippen LogP contribution in [0.3, 0.4) is 0 Å². The maximum absolute atomic E-state index is 12.1. The third kappa shape index (κ3) is 3.37. The Kier molecular flexibility index (Phi) is 4.41. The summed E-state index contributed by atoms with van der Waals surface area (Å²) in [6, 6.07) is 1.92. The topological polar surface area (TPSA) is 108 Å². The summed E-state index contributed by atoms with van der Waals surface area (Å²) >= 11 is 0. The molecule has 1 aliphatic rings. The third-order valence-electron chi connectivity index (χ3n) is 4.75. The molecule has 0 aliphatic carbocycles. The maximum Gasteiger partial charge on any atom is 0.407 e. The number of H-pyrrole nitrogens is 1. The quantitative estimate of drug-likeness (QED) is 0.637. The minimum atomic E-state index is -0.737. The normalized spacial score (nSPS) is 18.8. The van der Waals surface area contributed by atoms with Gasteiger partial charge in [-0.15, -0.1) is 0 Å². The monoisotopic (exact) mass is 386 g/mol. The number of nitrogens with zero attached hydrogens (tertiary/aromatic N) is 4. The number of hydrogen-bond donors (Lipinski definition) is 3. The molecule has 0 saturated carbocycles. The summed E-state index contributed by atoms with van der Waals surface area (Å²) in [6.45, 7) is 8.55. The zero-order valence-corrected chi connectivity index (χ0v) is 16.6. The molecule has 0 radical (unpaired) electrons. The first-order chi connectivity index (χ1) is 13.2. The number of amides is 1. The van der Waals surface area contributed by atoms with Crippen molar-refractivity contribution in [3.63, 3.8) is 0 Å². The fraction of sp³-hybridized carbons (Fsp3) is 0.526. The molecule has 1 amide bonds. The third-order valence-corrected chi connectivity index (χ3v) is 4.75. The van der Waals surface area contributed by atoms with Gasteiger partial charge in [-0.25, -0.2) is 19.4 Å². The molecule has 3 aromatic heterocycles. The van der Waals surface area contributed by atoms with Gasteiger partial charge in [-0.1, -0.05) is 0 Å². The Morgan fingerprint density at radius 3 is 2.96 bits per heavy atom. The van der Waals surface area contributed by atoms with Crippen LogP contribution in [0.4, 0.5) is 4.79 Å². The molecular formula is C19H26N6O3. The number of aromatic nitrogens is 4. The highest BCUT2D eigenvalue weighted by Crippen LogP contribution is 2.28. The summed E-state index contributed by atoms with van der Waals surface area (Å²) in [4.78, 5) is 24.2. The molecule has 4 rings (SSSR count). The highest BCUT2D eigenvalue weighted by molar-refractivity contribution is 6.01. The fourth-order valence-electron chi connectivity index (χ4n) is 3.65. The fourth-order valence-corrected chi connectivity index (χ4v) is 3.65. The van der Waals surface area contributed by atoms with Crippen LogP contribution >= 0.6 is 0 Å². The van der Waals surface area contributed by atoms with Gasteiger partial charge in [0.15, 0.2) is 5.82 Å². The summed E-state index contributed by atoms with van der Waals surface area (Å²) in [6.07, 6.45) is 3.18. The average Bonchev–Trinajstić information content (AvgIpc) is 3.28. The van der Waals surface area contributed by atoms with Gasteiger partial charge in [0, 0.05) is 18.1 Å². The smallest absolute Gasteiger partial charge is 0.407 e. The second-order valence-corrected chi connectivity index (χ2v) is 8.23. The minimum absolute atomic E-state index is 0.0438. The van der Waals surface area contributed by atoms with Crippen molar-refractivity contribution in [2.24, 2.45) is 0 Å². The van der Waals surface area contributed by atoms with E-state index in [-0.39, 0.29) is 6.04 Å². The molecule has 9 heteroatoms. The SMILES string of the molecule is C[C@@H](O)c1nc2cnc3[nH]ccc3c2n1N1CC[C@@H](NC(=O)OC(C)(C)C)C1. The molecule has 9 nitrogen and oxygen atoms in total. The van der Waals surface area contributed by atoms with Gasteiger partial charge in [0.05, 0.1) is 18.8 Å². The summed E-state index contributed by atoms with van der Waals surface area (Å²) in [5, 5.41) is 16.3. The zero-order chi connectivity index (χ0) is 20.1. The van der Waals surface area contributed by atoms with Crippen molar-refractivity contribution in [2.75, 3.05) is 18.1 Å². The van der Waals surface area contributed by atoms with E-state index in [2.05, 4.69) is 25.3 Å². The number of rotatable bonds is 3. The van der Waals surface area contributed by atoms with E-state index in [9.17, 15) is 9.90 Å². The molecule has 1 saturated heterocycles. The number of carbonyl (C=O) groups excluding carboxylic acids is 1. The number of hydrogen-bond acceptors (Lipinski definition) is 6. The second-order valence-electron chi connectivity index (χ2n) is 8.23. The molecule has 3 aromatic rings. The van der Waals surface area contributed by atoms with Crippen molar-refractivity contribution >= 4 is 28.2 Å². The summed E-state index contributed by atoms with van der Waals surface area (Å²) in [7, 11) is 0. The molecule has 150 valence electrons. The first kappa shape index (κ1) is 18.5. The van der Waals surface area contributed by atoms with Gasteiger partial charge in [-0.2, -0.15) is 0 Å². The van der Waals surface area contributed by atoms with E-state index in [1.807, 2.05) is 37.7 Å². The summed E-state index contributed by atoms with van der Waals surface area (Å²) in [5.74, 6) is 0.559. The Morgan fingerprint density at radius 1 is 1.46 bits per heavy atom. The van der Waals surface area contributed by atoms with Crippen molar-refractivity contribution < 1.29 is 14.6 Å². The zero-order valence-electron chi connectivity index (χ0n) is 16.6. The lowest BCUT2D eigenvalue weighted by molar-refractivity contribution is 0.0508. The molecule has 1 fully saturated rings. The van der Waals surface area contributed by atoms with Crippen LogP contribution < -0.4 is 10.3 Å². The number of ether oxygens (including phenoxy) is 1. The van der Waals surface area contributed by atoms with Crippen LogP contribution in [0.1, 0.15) is 46.0 Å². The van der Waals surface area contributed by atoms with Crippen LogP contribution in [0.15, 0.2) is 18.5 Å². The highest BCUT2D eigenvalue weighted by Gasteiger charge is 2.30. The largest absolute Gasteiger partial charge is 0.444 e. The number of fused-ring (bicyclic) bond motifs is 3. The predicted octanol–water partition coefficient (Wildman–Crippen LogP) is 2.20. The molecule has 0 aromatic carbocycles. The van der Waals surface area contributed by atoms with Crippen LogP contribution in [-0.2, 0) is 4.74 Å². The number of alkyl carbamates (subject to hydrolysis) is 1. The number of carbonyl (C=O) groups is 1. The number of imidazole rings is 1. The van der Waals surface area contributed by atoms with E-state index in [0.717, 1.165) is 35.0 Å². The second kappa shape index (κ2) is 6.66. The van der Waals surface area contributed by atoms with Gasteiger partial charge in [-0.3, -0.25) is 0 Å². The van der Waals surface area contributed by atoms with Crippen LogP contribution in [0.2, 0.25) is 0 Å². The van der Waals surface area contributed by atoms with Crippen LogP contribution in [-0.4, -0.2) is 55.6 Å². The standard InChI is InChI=1S/C19H26N6O3/c1-11(26)17-23-14-9-21-16-13(5-7-20-16)15(14)25(17)24-8-6-12(10-24)22-18(27)28-19(2,3)4/h5,7,9,11-12,26H,6,8,10H2,1-4H3,(H,20,21)(H,22,27)/t11-,12-/m1/s1. The molecule has 1 aliphatic heterocycles. The number of aliphatic hydroxyl groups excluding tert-OH is 1. The molecule has 0 spiro atoms. The van der Waals surface area contributed by atoms with E-state index in [1.165, 1.54) is 0 Å². The lowest BCUT2D eigenvalue weighted by atomic mass is 10.2. The molecule has 3 N–H and O–H groups in total. The van der Waals surface area contributed by atoms with Crippen molar-refractivity contribution in [1.29, 1.82) is 0 Å². The van der Waals surface area contributed by atoms with Crippen molar-refractivity contribution in [1.82, 2.24) is 24.9 Å². The van der Waals surface area contributed by atoms with Crippen molar-refractivity contribution in [3.8, 4) is 0 Å². The lowest BCUT2D eigenvalue weighted by Crippen LogP contribution is -2.42. The van der Waals surface area contributed by atoms with Crippen LogP contribution in [0.25, 0.3) is 22.1 Å². The molecule has 2 atom stereocenters. The predicted molar refractivity (Wildman–Crippen MR) is 106 cm³/mol. The van der Waals surface area contributed by atoms with E-state index in [0.29, 0.717) is 12.4 Å². The Morgan fingerprint density at radius 2 is 2.25 bits per heavy atom. The Hall–Kier alpha value is -2.81.